The molecule has 2 unspecified atom stereocenters. The van der Waals surface area contributed by atoms with Gasteiger partial charge in [0, 0.05) is 32.2 Å². The Balaban J connectivity index is 1.60. The first kappa shape index (κ1) is 15.8. The summed E-state index contributed by atoms with van der Waals surface area (Å²) in [6.45, 7) is 11.6. The third-order valence-electron chi connectivity index (χ3n) is 5.73. The van der Waals surface area contributed by atoms with Gasteiger partial charge in [0.2, 0.25) is 0 Å². The third-order valence-corrected chi connectivity index (χ3v) is 5.73. The Morgan fingerprint density at radius 3 is 2.19 bits per heavy atom. The third kappa shape index (κ3) is 4.43. The molecule has 0 aromatic carbocycles. The average Bonchev–Trinajstić information content (AvgIpc) is 3.23. The van der Waals surface area contributed by atoms with Crippen molar-refractivity contribution in [2.45, 2.75) is 77.5 Å². The predicted octanol–water partition coefficient (Wildman–Crippen LogP) is 3.04. The van der Waals surface area contributed by atoms with Crippen LogP contribution < -0.4 is 5.32 Å². The molecule has 0 aromatic rings. The van der Waals surface area contributed by atoms with Crippen molar-refractivity contribution < 1.29 is 4.74 Å². The van der Waals surface area contributed by atoms with Gasteiger partial charge in [-0.15, -0.1) is 0 Å². The van der Waals surface area contributed by atoms with Crippen LogP contribution in [0.4, 0.5) is 0 Å². The number of hydrogen-bond donors (Lipinski definition) is 1. The molecule has 2 saturated carbocycles. The number of nitrogens with zero attached hydrogens (tertiary/aromatic N) is 1. The predicted molar refractivity (Wildman–Crippen MR) is 87.5 cm³/mol. The molecule has 122 valence electrons. The molecule has 3 nitrogen and oxygen atoms in total. The summed E-state index contributed by atoms with van der Waals surface area (Å²) >= 11 is 0. The van der Waals surface area contributed by atoms with E-state index in [4.69, 9.17) is 4.74 Å². The van der Waals surface area contributed by atoms with Crippen LogP contribution in [0, 0.1) is 11.3 Å². The van der Waals surface area contributed by atoms with Crippen LogP contribution in [0.5, 0.6) is 0 Å². The van der Waals surface area contributed by atoms with Gasteiger partial charge in [-0.1, -0.05) is 19.8 Å². The van der Waals surface area contributed by atoms with E-state index in [-0.39, 0.29) is 0 Å². The van der Waals surface area contributed by atoms with Gasteiger partial charge in [-0.05, 0) is 50.9 Å². The Labute approximate surface area is 130 Å². The molecule has 1 saturated heterocycles. The van der Waals surface area contributed by atoms with E-state index in [1.807, 2.05) is 0 Å². The van der Waals surface area contributed by atoms with Gasteiger partial charge < -0.3 is 10.1 Å². The molecule has 2 atom stereocenters. The van der Waals surface area contributed by atoms with Crippen molar-refractivity contribution in [3.8, 4) is 0 Å². The summed E-state index contributed by atoms with van der Waals surface area (Å²) in [6.07, 6.45) is 9.25. The Morgan fingerprint density at radius 1 is 1.00 bits per heavy atom. The molecule has 0 aromatic heterocycles. The van der Waals surface area contributed by atoms with Crippen molar-refractivity contribution in [1.82, 2.24) is 10.2 Å². The molecule has 0 radical (unpaired) electrons. The van der Waals surface area contributed by atoms with Crippen LogP contribution in [0.2, 0.25) is 0 Å². The van der Waals surface area contributed by atoms with Crippen molar-refractivity contribution in [1.29, 1.82) is 0 Å². The maximum absolute atomic E-state index is 5.91. The van der Waals surface area contributed by atoms with Crippen molar-refractivity contribution in [3.05, 3.63) is 0 Å². The average molecular weight is 294 g/mol. The molecule has 0 spiro atoms. The molecule has 2 aliphatic carbocycles. The fourth-order valence-electron chi connectivity index (χ4n) is 4.30. The van der Waals surface area contributed by atoms with E-state index in [2.05, 4.69) is 31.0 Å². The minimum atomic E-state index is 0.393. The number of rotatable bonds is 5. The standard InChI is InChI=1S/C18H34N2O/c1-14-6-8-18(9-7-14,12-19-17-4-5-17)13-20-10-15(2)21-16(3)11-20/h14-17,19H,4-13H2,1-3H3. The van der Waals surface area contributed by atoms with Gasteiger partial charge in [0.15, 0.2) is 0 Å². The first-order valence-electron chi connectivity index (χ1n) is 9.16. The smallest absolute Gasteiger partial charge is 0.0678 e. The lowest BCUT2D eigenvalue weighted by atomic mass is 9.70. The topological polar surface area (TPSA) is 24.5 Å². The second kappa shape index (κ2) is 6.55. The lowest BCUT2D eigenvalue weighted by molar-refractivity contribution is -0.0812. The van der Waals surface area contributed by atoms with Gasteiger partial charge in [-0.3, -0.25) is 4.90 Å². The Hall–Kier alpha value is -0.120. The first-order chi connectivity index (χ1) is 10.0. The number of hydrogen-bond acceptors (Lipinski definition) is 3. The number of ether oxygens (including phenoxy) is 1. The highest BCUT2D eigenvalue weighted by Gasteiger charge is 2.38. The molecule has 3 rings (SSSR count). The van der Waals surface area contributed by atoms with Gasteiger partial charge in [0.05, 0.1) is 12.2 Å². The van der Waals surface area contributed by atoms with Crippen LogP contribution in [0.25, 0.3) is 0 Å². The molecule has 1 heterocycles. The Kier molecular flexibility index (Phi) is 4.92. The van der Waals surface area contributed by atoms with Gasteiger partial charge >= 0.3 is 0 Å². The Morgan fingerprint density at radius 2 is 1.62 bits per heavy atom. The van der Waals surface area contributed by atoms with Gasteiger partial charge in [-0.2, -0.15) is 0 Å². The first-order valence-corrected chi connectivity index (χ1v) is 9.16. The second-order valence-corrected chi connectivity index (χ2v) is 8.29. The summed E-state index contributed by atoms with van der Waals surface area (Å²) in [6, 6.07) is 0.837. The van der Waals surface area contributed by atoms with E-state index in [0.29, 0.717) is 17.6 Å². The maximum atomic E-state index is 5.91. The molecule has 1 aliphatic heterocycles. The highest BCUT2D eigenvalue weighted by molar-refractivity contribution is 4.93. The van der Waals surface area contributed by atoms with Crippen LogP contribution in [-0.4, -0.2) is 49.3 Å². The molecule has 3 aliphatic rings. The van der Waals surface area contributed by atoms with Crippen LogP contribution in [0.3, 0.4) is 0 Å². The number of morpholine rings is 1. The maximum Gasteiger partial charge on any atom is 0.0678 e. The molecule has 21 heavy (non-hydrogen) atoms. The summed E-state index contributed by atoms with van der Waals surface area (Å²) in [5.74, 6) is 0.932. The fraction of sp³-hybridized carbons (Fsp3) is 1.00. The summed E-state index contributed by atoms with van der Waals surface area (Å²) in [7, 11) is 0. The molecule has 1 N–H and O–H groups in total. The molecule has 0 amide bonds. The van der Waals surface area contributed by atoms with Crippen molar-refractivity contribution in [2.24, 2.45) is 11.3 Å². The van der Waals surface area contributed by atoms with Crippen molar-refractivity contribution in [2.75, 3.05) is 26.2 Å². The van der Waals surface area contributed by atoms with E-state index >= 15 is 0 Å². The van der Waals surface area contributed by atoms with E-state index < -0.39 is 0 Å². The zero-order chi connectivity index (χ0) is 14.9. The fourth-order valence-corrected chi connectivity index (χ4v) is 4.30. The summed E-state index contributed by atoms with van der Waals surface area (Å²) in [5.41, 5.74) is 0.520. The van der Waals surface area contributed by atoms with Gasteiger partial charge in [0.1, 0.15) is 0 Å². The highest BCUT2D eigenvalue weighted by Crippen LogP contribution is 2.40. The molecule has 3 heteroatoms. The lowest BCUT2D eigenvalue weighted by Gasteiger charge is -2.45. The quantitative estimate of drug-likeness (QED) is 0.843. The second-order valence-electron chi connectivity index (χ2n) is 8.29. The van der Waals surface area contributed by atoms with Crippen LogP contribution in [0.1, 0.15) is 59.3 Å². The van der Waals surface area contributed by atoms with E-state index in [9.17, 15) is 0 Å². The van der Waals surface area contributed by atoms with E-state index in [1.165, 1.54) is 51.6 Å². The largest absolute Gasteiger partial charge is 0.373 e. The molecular formula is C18H34N2O. The minimum absolute atomic E-state index is 0.393. The van der Waals surface area contributed by atoms with Crippen molar-refractivity contribution >= 4 is 0 Å². The normalized spacial score (nSPS) is 42.1. The zero-order valence-corrected chi connectivity index (χ0v) is 14.2. The SMILES string of the molecule is CC1CCC(CNC2CC2)(CN2CC(C)OC(C)C2)CC1. The molecule has 3 fully saturated rings. The van der Waals surface area contributed by atoms with E-state index in [1.54, 1.807) is 0 Å². The van der Waals surface area contributed by atoms with Crippen molar-refractivity contribution in [3.63, 3.8) is 0 Å². The van der Waals surface area contributed by atoms with Crippen LogP contribution in [-0.2, 0) is 4.74 Å². The zero-order valence-electron chi connectivity index (χ0n) is 14.2. The molecule has 0 bridgehead atoms. The number of nitrogens with one attached hydrogen (secondary N) is 1. The van der Waals surface area contributed by atoms with Gasteiger partial charge in [-0.25, -0.2) is 0 Å². The molecular weight excluding hydrogens is 260 g/mol. The monoisotopic (exact) mass is 294 g/mol. The van der Waals surface area contributed by atoms with E-state index in [0.717, 1.165) is 25.0 Å². The van der Waals surface area contributed by atoms with Gasteiger partial charge in [0.25, 0.3) is 0 Å². The minimum Gasteiger partial charge on any atom is -0.373 e. The lowest BCUT2D eigenvalue weighted by Crippen LogP contribution is -2.52. The highest BCUT2D eigenvalue weighted by atomic mass is 16.5. The summed E-state index contributed by atoms with van der Waals surface area (Å²) in [5, 5.41) is 3.84. The van der Waals surface area contributed by atoms with Crippen LogP contribution >= 0.6 is 0 Å². The Bertz CT molecular complexity index is 324. The summed E-state index contributed by atoms with van der Waals surface area (Å²) < 4.78 is 5.91. The van der Waals surface area contributed by atoms with Crippen LogP contribution in [0.15, 0.2) is 0 Å². The summed E-state index contributed by atoms with van der Waals surface area (Å²) in [4.78, 5) is 2.68.